The molecule has 1 atom stereocenters. The van der Waals surface area contributed by atoms with Gasteiger partial charge in [0, 0.05) is 18.0 Å². The minimum Gasteiger partial charge on any atom is -0.493 e. The number of hydrogen-bond donors (Lipinski definition) is 2. The van der Waals surface area contributed by atoms with E-state index in [-0.39, 0.29) is 6.04 Å². The molecule has 0 radical (unpaired) electrons. The number of ether oxygens (including phenoxy) is 2. The maximum atomic E-state index is 11.6. The molecule has 0 amide bonds. The van der Waals surface area contributed by atoms with Gasteiger partial charge in [0.2, 0.25) is 0 Å². The number of rotatable bonds is 7. The summed E-state index contributed by atoms with van der Waals surface area (Å²) in [5, 5.41) is 6.84. The van der Waals surface area contributed by atoms with Crippen molar-refractivity contribution >= 4 is 32.9 Å². The lowest BCUT2D eigenvalue weighted by atomic mass is 10.1. The Bertz CT molecular complexity index is 896. The summed E-state index contributed by atoms with van der Waals surface area (Å²) < 4.78 is 33.7. The van der Waals surface area contributed by atoms with Crippen molar-refractivity contribution in [3.05, 3.63) is 48.0 Å². The minimum atomic E-state index is -3.21. The second-order valence-corrected chi connectivity index (χ2v) is 8.39. The first-order valence-corrected chi connectivity index (χ1v) is 10.7. The van der Waals surface area contributed by atoms with Gasteiger partial charge in [0.15, 0.2) is 26.4 Å². The third-order valence-corrected chi connectivity index (χ3v) is 5.41. The summed E-state index contributed by atoms with van der Waals surface area (Å²) in [5.41, 5.74) is 1.73. The minimum absolute atomic E-state index is 0.0428. The molecule has 0 heterocycles. The maximum absolute atomic E-state index is 11.6. The van der Waals surface area contributed by atoms with Crippen LogP contribution < -0.4 is 20.1 Å². The Morgan fingerprint density at radius 1 is 1.07 bits per heavy atom. The van der Waals surface area contributed by atoms with E-state index >= 15 is 0 Å². The predicted molar refractivity (Wildman–Crippen MR) is 111 cm³/mol. The number of thiocarbonyl (C=S) groups is 1. The van der Waals surface area contributed by atoms with Crippen LogP contribution in [0.5, 0.6) is 11.5 Å². The third kappa shape index (κ3) is 5.58. The predicted octanol–water partition coefficient (Wildman–Crippen LogP) is 3.55. The Kier molecular flexibility index (Phi) is 7.04. The molecule has 0 aliphatic carbocycles. The molecule has 8 heteroatoms. The summed E-state index contributed by atoms with van der Waals surface area (Å²) in [6, 6.07) is 12.2. The lowest BCUT2D eigenvalue weighted by molar-refractivity contribution is 0.355. The first-order valence-electron chi connectivity index (χ1n) is 8.38. The topological polar surface area (TPSA) is 76.7 Å². The molecule has 0 spiro atoms. The monoisotopic (exact) mass is 408 g/mol. The summed E-state index contributed by atoms with van der Waals surface area (Å²) in [7, 11) is -0.0525. The van der Waals surface area contributed by atoms with Gasteiger partial charge in [0.25, 0.3) is 0 Å². The van der Waals surface area contributed by atoms with E-state index in [9.17, 15) is 8.42 Å². The van der Waals surface area contributed by atoms with E-state index in [1.54, 1.807) is 50.6 Å². The summed E-state index contributed by atoms with van der Waals surface area (Å²) >= 11 is 5.41. The molecule has 2 aromatic rings. The van der Waals surface area contributed by atoms with Crippen molar-refractivity contribution in [3.63, 3.8) is 0 Å². The molecule has 27 heavy (non-hydrogen) atoms. The molecule has 0 aliphatic heterocycles. The molecule has 2 aromatic carbocycles. The number of anilines is 1. The largest absolute Gasteiger partial charge is 0.493 e. The normalized spacial score (nSPS) is 12.1. The van der Waals surface area contributed by atoms with Crippen LogP contribution in [0.2, 0.25) is 0 Å². The highest BCUT2D eigenvalue weighted by atomic mass is 32.2. The van der Waals surface area contributed by atoms with Gasteiger partial charge < -0.3 is 20.1 Å². The van der Waals surface area contributed by atoms with Crippen LogP contribution in [0.4, 0.5) is 5.69 Å². The fourth-order valence-corrected chi connectivity index (χ4v) is 3.50. The molecule has 2 rings (SSSR count). The highest BCUT2D eigenvalue weighted by molar-refractivity contribution is 7.90. The van der Waals surface area contributed by atoms with Crippen molar-refractivity contribution in [2.45, 2.75) is 24.3 Å². The van der Waals surface area contributed by atoms with Crippen molar-refractivity contribution in [3.8, 4) is 11.5 Å². The van der Waals surface area contributed by atoms with Crippen molar-refractivity contribution in [2.75, 3.05) is 25.8 Å². The van der Waals surface area contributed by atoms with Gasteiger partial charge in [-0.25, -0.2) is 8.42 Å². The van der Waals surface area contributed by atoms with Crippen LogP contribution in [0.15, 0.2) is 47.4 Å². The summed E-state index contributed by atoms with van der Waals surface area (Å²) in [5.74, 6) is 1.24. The number of hydrogen-bond acceptors (Lipinski definition) is 5. The van der Waals surface area contributed by atoms with Crippen molar-refractivity contribution < 1.29 is 17.9 Å². The molecule has 146 valence electrons. The first kappa shape index (κ1) is 21.0. The van der Waals surface area contributed by atoms with Crippen LogP contribution in [0.1, 0.15) is 24.9 Å². The Morgan fingerprint density at radius 2 is 1.70 bits per heavy atom. The number of sulfone groups is 1. The molecular formula is C19H24N2O4S2. The van der Waals surface area contributed by atoms with Crippen LogP contribution in [0, 0.1) is 0 Å². The van der Waals surface area contributed by atoms with E-state index in [1.165, 1.54) is 6.26 Å². The Balaban J connectivity index is 2.09. The molecule has 2 N–H and O–H groups in total. The second-order valence-electron chi connectivity index (χ2n) is 5.97. The van der Waals surface area contributed by atoms with Gasteiger partial charge in [-0.1, -0.05) is 19.1 Å². The Labute approximate surface area is 165 Å². The quantitative estimate of drug-likeness (QED) is 0.679. The molecule has 1 unspecified atom stereocenters. The van der Waals surface area contributed by atoms with Crippen LogP contribution in [-0.4, -0.2) is 34.0 Å². The lowest BCUT2D eigenvalue weighted by Crippen LogP contribution is -2.32. The average Bonchev–Trinajstić information content (AvgIpc) is 2.65. The number of methoxy groups -OCH3 is 2. The molecule has 0 bridgehead atoms. The van der Waals surface area contributed by atoms with Crippen molar-refractivity contribution in [1.82, 2.24) is 5.32 Å². The summed E-state index contributed by atoms with van der Waals surface area (Å²) in [6.45, 7) is 2.03. The van der Waals surface area contributed by atoms with Crippen molar-refractivity contribution in [1.29, 1.82) is 0 Å². The molecular weight excluding hydrogens is 384 g/mol. The van der Waals surface area contributed by atoms with Gasteiger partial charge in [0.1, 0.15) is 0 Å². The second kappa shape index (κ2) is 9.05. The molecule has 6 nitrogen and oxygen atoms in total. The van der Waals surface area contributed by atoms with E-state index in [0.29, 0.717) is 21.5 Å². The summed E-state index contributed by atoms with van der Waals surface area (Å²) in [4.78, 5) is 0.298. The Morgan fingerprint density at radius 3 is 2.22 bits per heavy atom. The zero-order valence-electron chi connectivity index (χ0n) is 15.8. The Hall–Kier alpha value is -2.32. The maximum Gasteiger partial charge on any atom is 0.175 e. The molecule has 0 saturated heterocycles. The fraction of sp³-hybridized carbons (Fsp3) is 0.316. The molecule has 0 aliphatic rings. The van der Waals surface area contributed by atoms with Gasteiger partial charge in [-0.05, 0) is 48.5 Å². The van der Waals surface area contributed by atoms with Gasteiger partial charge in [-0.2, -0.15) is 0 Å². The van der Waals surface area contributed by atoms with Crippen LogP contribution in [0.3, 0.4) is 0 Å². The van der Waals surface area contributed by atoms with E-state index in [1.807, 2.05) is 13.0 Å². The molecule has 0 aromatic heterocycles. The standard InChI is InChI=1S/C19H24N2O4S2/c1-5-16(13-6-9-15(10-7-13)27(4,22)23)21-19(26)20-14-8-11-17(24-2)18(12-14)25-3/h6-12,16H,5H2,1-4H3,(H2,20,21,26). The fourth-order valence-electron chi connectivity index (χ4n) is 2.61. The van der Waals surface area contributed by atoms with E-state index < -0.39 is 9.84 Å². The lowest BCUT2D eigenvalue weighted by Gasteiger charge is -2.20. The van der Waals surface area contributed by atoms with Gasteiger partial charge in [0.05, 0.1) is 25.2 Å². The third-order valence-electron chi connectivity index (χ3n) is 4.07. The van der Waals surface area contributed by atoms with Gasteiger partial charge in [-0.15, -0.1) is 0 Å². The van der Waals surface area contributed by atoms with Crippen LogP contribution >= 0.6 is 12.2 Å². The van der Waals surface area contributed by atoms with E-state index in [2.05, 4.69) is 10.6 Å². The van der Waals surface area contributed by atoms with Crippen molar-refractivity contribution in [2.24, 2.45) is 0 Å². The average molecular weight is 409 g/mol. The van der Waals surface area contributed by atoms with E-state index in [4.69, 9.17) is 21.7 Å². The number of nitrogens with one attached hydrogen (secondary N) is 2. The number of benzene rings is 2. The zero-order chi connectivity index (χ0) is 20.0. The highest BCUT2D eigenvalue weighted by Crippen LogP contribution is 2.29. The molecule has 0 fully saturated rings. The van der Waals surface area contributed by atoms with Crippen LogP contribution in [0.25, 0.3) is 0 Å². The molecule has 0 saturated carbocycles. The SMILES string of the molecule is CCC(NC(=S)Nc1ccc(OC)c(OC)c1)c1ccc(S(C)(=O)=O)cc1. The van der Waals surface area contributed by atoms with Gasteiger partial charge in [-0.3, -0.25) is 0 Å². The highest BCUT2D eigenvalue weighted by Gasteiger charge is 2.13. The first-order chi connectivity index (χ1) is 12.8. The zero-order valence-corrected chi connectivity index (χ0v) is 17.4. The van der Waals surface area contributed by atoms with Crippen LogP contribution in [-0.2, 0) is 9.84 Å². The van der Waals surface area contributed by atoms with Gasteiger partial charge >= 0.3 is 0 Å². The summed E-state index contributed by atoms with van der Waals surface area (Å²) in [6.07, 6.45) is 1.98. The van der Waals surface area contributed by atoms with E-state index in [0.717, 1.165) is 17.7 Å². The smallest absolute Gasteiger partial charge is 0.175 e.